The summed E-state index contributed by atoms with van der Waals surface area (Å²) in [5.74, 6) is 0.00923. The lowest BCUT2D eigenvalue weighted by molar-refractivity contribution is -0.136. The van der Waals surface area contributed by atoms with Gasteiger partial charge in [-0.25, -0.2) is 0 Å². The molecule has 0 atom stereocenters. The van der Waals surface area contributed by atoms with Gasteiger partial charge in [0.15, 0.2) is 0 Å². The highest BCUT2D eigenvalue weighted by Gasteiger charge is 2.22. The summed E-state index contributed by atoms with van der Waals surface area (Å²) < 4.78 is 0. The molecular weight excluding hydrogens is 242 g/mol. The van der Waals surface area contributed by atoms with E-state index in [1.54, 1.807) is 4.90 Å². The van der Waals surface area contributed by atoms with E-state index < -0.39 is 0 Å². The summed E-state index contributed by atoms with van der Waals surface area (Å²) in [6.07, 6.45) is 4.58. The molecular formula is C11H20ClN3O2. The number of rotatable bonds is 3. The first-order chi connectivity index (χ1) is 7.75. The molecule has 1 saturated carbocycles. The second-order valence-electron chi connectivity index (χ2n) is 4.54. The van der Waals surface area contributed by atoms with Gasteiger partial charge < -0.3 is 15.5 Å². The van der Waals surface area contributed by atoms with Crippen LogP contribution in [-0.4, -0.2) is 48.9 Å². The molecule has 5 nitrogen and oxygen atoms in total. The number of carbonyl (C=O) groups excluding carboxylic acids is 2. The number of hydrogen-bond acceptors (Lipinski definition) is 3. The van der Waals surface area contributed by atoms with Crippen LogP contribution in [0.15, 0.2) is 0 Å². The molecule has 2 amide bonds. The molecule has 2 fully saturated rings. The summed E-state index contributed by atoms with van der Waals surface area (Å²) in [4.78, 5) is 24.8. The van der Waals surface area contributed by atoms with Crippen molar-refractivity contribution in [3.8, 4) is 0 Å². The SMILES string of the molecule is Cl.O=C(CN1CCNCC1=O)NC1CCCC1. The van der Waals surface area contributed by atoms with Crippen molar-refractivity contribution >= 4 is 24.2 Å². The van der Waals surface area contributed by atoms with Crippen LogP contribution in [0.25, 0.3) is 0 Å². The third-order valence-corrected chi connectivity index (χ3v) is 3.24. The molecule has 0 aromatic carbocycles. The van der Waals surface area contributed by atoms with Crippen LogP contribution in [0.4, 0.5) is 0 Å². The van der Waals surface area contributed by atoms with Crippen LogP contribution in [0, 0.1) is 0 Å². The van der Waals surface area contributed by atoms with Crippen LogP contribution in [-0.2, 0) is 9.59 Å². The van der Waals surface area contributed by atoms with Crippen molar-refractivity contribution in [2.45, 2.75) is 31.7 Å². The minimum absolute atomic E-state index is 0. The van der Waals surface area contributed by atoms with Crippen molar-refractivity contribution in [1.29, 1.82) is 0 Å². The van der Waals surface area contributed by atoms with Gasteiger partial charge in [0.25, 0.3) is 0 Å². The van der Waals surface area contributed by atoms with Crippen LogP contribution in [0.1, 0.15) is 25.7 Å². The normalized spacial score (nSPS) is 21.2. The van der Waals surface area contributed by atoms with E-state index in [0.717, 1.165) is 19.4 Å². The van der Waals surface area contributed by atoms with Gasteiger partial charge in [0.2, 0.25) is 11.8 Å². The van der Waals surface area contributed by atoms with E-state index in [4.69, 9.17) is 0 Å². The average Bonchev–Trinajstić information content (AvgIpc) is 2.74. The summed E-state index contributed by atoms with van der Waals surface area (Å²) in [6.45, 7) is 1.99. The average molecular weight is 262 g/mol. The Kier molecular flexibility index (Phi) is 5.71. The number of amides is 2. The third-order valence-electron chi connectivity index (χ3n) is 3.24. The molecule has 2 N–H and O–H groups in total. The highest BCUT2D eigenvalue weighted by Crippen LogP contribution is 2.17. The predicted octanol–water partition coefficient (Wildman–Crippen LogP) is -0.101. The highest BCUT2D eigenvalue weighted by atomic mass is 35.5. The fourth-order valence-corrected chi connectivity index (χ4v) is 2.33. The number of nitrogens with one attached hydrogen (secondary N) is 2. The van der Waals surface area contributed by atoms with E-state index in [0.29, 0.717) is 19.1 Å². The third kappa shape index (κ3) is 4.16. The van der Waals surface area contributed by atoms with Gasteiger partial charge in [-0.3, -0.25) is 9.59 Å². The Morgan fingerprint density at radius 2 is 2.12 bits per heavy atom. The summed E-state index contributed by atoms with van der Waals surface area (Å²) in [6, 6.07) is 0.338. The maximum absolute atomic E-state index is 11.7. The van der Waals surface area contributed by atoms with Crippen molar-refractivity contribution in [2.75, 3.05) is 26.2 Å². The molecule has 0 spiro atoms. The minimum atomic E-state index is -0.0119. The van der Waals surface area contributed by atoms with Crippen molar-refractivity contribution in [1.82, 2.24) is 15.5 Å². The first-order valence-corrected chi connectivity index (χ1v) is 6.03. The van der Waals surface area contributed by atoms with Crippen LogP contribution >= 0.6 is 12.4 Å². The molecule has 6 heteroatoms. The first kappa shape index (κ1) is 14.3. The number of piperazine rings is 1. The minimum Gasteiger partial charge on any atom is -0.352 e. The summed E-state index contributed by atoms with van der Waals surface area (Å²) in [7, 11) is 0. The lowest BCUT2D eigenvalue weighted by Crippen LogP contribution is -2.52. The monoisotopic (exact) mass is 261 g/mol. The largest absolute Gasteiger partial charge is 0.352 e. The molecule has 0 aromatic heterocycles. The highest BCUT2D eigenvalue weighted by molar-refractivity contribution is 5.86. The smallest absolute Gasteiger partial charge is 0.239 e. The molecule has 98 valence electrons. The summed E-state index contributed by atoms with van der Waals surface area (Å²) in [5, 5.41) is 5.98. The lowest BCUT2D eigenvalue weighted by atomic mass is 10.2. The molecule has 1 aliphatic heterocycles. The standard InChI is InChI=1S/C11H19N3O2.ClH/c15-10(13-9-3-1-2-4-9)8-14-6-5-12-7-11(14)16;/h9,12H,1-8H2,(H,13,15);1H. The quantitative estimate of drug-likeness (QED) is 0.746. The molecule has 1 saturated heterocycles. The topological polar surface area (TPSA) is 61.4 Å². The van der Waals surface area contributed by atoms with Gasteiger partial charge in [-0.1, -0.05) is 12.8 Å². The maximum atomic E-state index is 11.7. The van der Waals surface area contributed by atoms with Crippen LogP contribution in [0.2, 0.25) is 0 Å². The van der Waals surface area contributed by atoms with Crippen LogP contribution in [0.5, 0.6) is 0 Å². The zero-order chi connectivity index (χ0) is 11.4. The van der Waals surface area contributed by atoms with Gasteiger partial charge in [-0.05, 0) is 12.8 Å². The Morgan fingerprint density at radius 1 is 1.41 bits per heavy atom. The van der Waals surface area contributed by atoms with E-state index in [2.05, 4.69) is 10.6 Å². The molecule has 0 aromatic rings. The van der Waals surface area contributed by atoms with E-state index in [1.165, 1.54) is 12.8 Å². The van der Waals surface area contributed by atoms with E-state index in [1.807, 2.05) is 0 Å². The van der Waals surface area contributed by atoms with Gasteiger partial charge in [-0.2, -0.15) is 0 Å². The number of hydrogen-bond donors (Lipinski definition) is 2. The fraction of sp³-hybridized carbons (Fsp3) is 0.818. The van der Waals surface area contributed by atoms with Gasteiger partial charge in [0, 0.05) is 19.1 Å². The van der Waals surface area contributed by atoms with Gasteiger partial charge in [-0.15, -0.1) is 12.4 Å². The first-order valence-electron chi connectivity index (χ1n) is 6.03. The van der Waals surface area contributed by atoms with E-state index in [9.17, 15) is 9.59 Å². The van der Waals surface area contributed by atoms with Gasteiger partial charge >= 0.3 is 0 Å². The Morgan fingerprint density at radius 3 is 2.76 bits per heavy atom. The molecule has 1 aliphatic carbocycles. The van der Waals surface area contributed by atoms with Gasteiger partial charge in [0.05, 0.1) is 13.1 Å². The molecule has 0 bridgehead atoms. The zero-order valence-electron chi connectivity index (χ0n) is 9.91. The number of nitrogens with zero attached hydrogens (tertiary/aromatic N) is 1. The zero-order valence-corrected chi connectivity index (χ0v) is 10.7. The summed E-state index contributed by atoms with van der Waals surface area (Å²) in [5.41, 5.74) is 0. The molecule has 2 rings (SSSR count). The molecule has 1 heterocycles. The summed E-state index contributed by atoms with van der Waals surface area (Å²) >= 11 is 0. The number of carbonyl (C=O) groups is 2. The van der Waals surface area contributed by atoms with Crippen molar-refractivity contribution in [2.24, 2.45) is 0 Å². The van der Waals surface area contributed by atoms with Crippen molar-refractivity contribution in [3.63, 3.8) is 0 Å². The Labute approximate surface area is 108 Å². The second kappa shape index (κ2) is 6.81. The Bertz CT molecular complexity index is 280. The van der Waals surface area contributed by atoms with Gasteiger partial charge in [0.1, 0.15) is 0 Å². The molecule has 2 aliphatic rings. The molecule has 0 radical (unpaired) electrons. The maximum Gasteiger partial charge on any atom is 0.239 e. The molecule has 17 heavy (non-hydrogen) atoms. The van der Waals surface area contributed by atoms with E-state index >= 15 is 0 Å². The molecule has 0 unspecified atom stereocenters. The van der Waals surface area contributed by atoms with Crippen molar-refractivity contribution < 1.29 is 9.59 Å². The predicted molar refractivity (Wildman–Crippen MR) is 67.1 cm³/mol. The lowest BCUT2D eigenvalue weighted by Gasteiger charge is -2.27. The van der Waals surface area contributed by atoms with Crippen LogP contribution in [0.3, 0.4) is 0 Å². The van der Waals surface area contributed by atoms with Crippen LogP contribution < -0.4 is 10.6 Å². The number of halogens is 1. The Balaban J connectivity index is 0.00000144. The Hall–Kier alpha value is -0.810. The fourth-order valence-electron chi connectivity index (χ4n) is 2.33. The van der Waals surface area contributed by atoms with E-state index in [-0.39, 0.29) is 30.8 Å². The van der Waals surface area contributed by atoms with Crippen molar-refractivity contribution in [3.05, 3.63) is 0 Å². The second-order valence-corrected chi connectivity index (χ2v) is 4.54.